The van der Waals surface area contributed by atoms with Gasteiger partial charge in [-0.1, -0.05) is 0 Å². The van der Waals surface area contributed by atoms with Crippen LogP contribution in [0.15, 0.2) is 12.1 Å². The molecule has 0 aliphatic carbocycles. The van der Waals surface area contributed by atoms with E-state index in [1.54, 1.807) is 0 Å². The average Bonchev–Trinajstić information content (AvgIpc) is 2.14. The van der Waals surface area contributed by atoms with Crippen molar-refractivity contribution < 1.29 is 22.9 Å². The highest BCUT2D eigenvalue weighted by Gasteiger charge is 2.37. The number of hydrogen-bond donors (Lipinski definition) is 0. The van der Waals surface area contributed by atoms with Crippen LogP contribution in [0.1, 0.15) is 15.9 Å². The molecule has 9 heteroatoms. The van der Waals surface area contributed by atoms with E-state index in [9.17, 15) is 28.1 Å². The largest absolute Gasteiger partial charge is 0.417 e. The van der Waals surface area contributed by atoms with Gasteiger partial charge in [0.25, 0.3) is 10.9 Å². The first-order chi connectivity index (χ1) is 7.64. The molecule has 0 spiro atoms. The van der Waals surface area contributed by atoms with Gasteiger partial charge in [0.1, 0.15) is 0 Å². The van der Waals surface area contributed by atoms with E-state index in [4.69, 9.17) is 11.6 Å². The predicted octanol–water partition coefficient (Wildman–Crippen LogP) is 3.60. The lowest BCUT2D eigenvalue weighted by Gasteiger charge is -2.10. The number of benzene rings is 1. The smallest absolute Gasteiger partial charge is 0.276 e. The lowest BCUT2D eigenvalue weighted by Crippen LogP contribution is -2.12. The van der Waals surface area contributed by atoms with Crippen molar-refractivity contribution in [1.29, 1.82) is 0 Å². The van der Waals surface area contributed by atoms with Gasteiger partial charge in [-0.3, -0.25) is 14.9 Å². The summed E-state index contributed by atoms with van der Waals surface area (Å²) in [4.78, 5) is 20.4. The molecule has 0 bridgehead atoms. The lowest BCUT2D eigenvalue weighted by molar-refractivity contribution is -0.386. The van der Waals surface area contributed by atoms with Crippen molar-refractivity contribution in [2.24, 2.45) is 0 Å². The predicted molar refractivity (Wildman–Crippen MR) is 61.0 cm³/mol. The summed E-state index contributed by atoms with van der Waals surface area (Å²) in [5.41, 5.74) is -2.93. The molecule has 1 rings (SSSR count). The van der Waals surface area contributed by atoms with Crippen molar-refractivity contribution in [3.63, 3.8) is 0 Å². The number of nitro benzene ring substituents is 1. The Morgan fingerprint density at radius 3 is 2.29 bits per heavy atom. The standard InChI is InChI=1S/C8H2ClF3INO3/c9-7(15)3-1-5(13)6(14(16)17)2-4(3)8(10,11)12/h1-2H. The van der Waals surface area contributed by atoms with Gasteiger partial charge < -0.3 is 0 Å². The van der Waals surface area contributed by atoms with Crippen LogP contribution in [-0.4, -0.2) is 10.2 Å². The van der Waals surface area contributed by atoms with E-state index in [2.05, 4.69) is 0 Å². The van der Waals surface area contributed by atoms with Crippen molar-refractivity contribution in [3.05, 3.63) is 36.9 Å². The van der Waals surface area contributed by atoms with E-state index in [1.165, 1.54) is 22.6 Å². The maximum Gasteiger partial charge on any atom is 0.417 e. The van der Waals surface area contributed by atoms with Crippen molar-refractivity contribution in [2.75, 3.05) is 0 Å². The second-order valence-electron chi connectivity index (χ2n) is 2.88. The first-order valence-electron chi connectivity index (χ1n) is 3.89. The van der Waals surface area contributed by atoms with Gasteiger partial charge in [-0.2, -0.15) is 13.2 Å². The maximum atomic E-state index is 12.5. The number of carbonyl (C=O) groups excluding carboxylic acids is 1. The summed E-state index contributed by atoms with van der Waals surface area (Å²) >= 11 is 6.47. The minimum atomic E-state index is -4.88. The van der Waals surface area contributed by atoms with Gasteiger partial charge in [0.05, 0.1) is 14.1 Å². The van der Waals surface area contributed by atoms with Crippen molar-refractivity contribution in [3.8, 4) is 0 Å². The summed E-state index contributed by atoms with van der Waals surface area (Å²) in [5.74, 6) is 0. The fourth-order valence-electron chi connectivity index (χ4n) is 1.10. The molecule has 0 unspecified atom stereocenters. The molecule has 0 aliphatic rings. The quantitative estimate of drug-likeness (QED) is 0.341. The Kier molecular flexibility index (Phi) is 3.97. The molecular weight excluding hydrogens is 377 g/mol. The third kappa shape index (κ3) is 3.06. The molecule has 0 atom stereocenters. The first kappa shape index (κ1) is 14.2. The molecule has 92 valence electrons. The fraction of sp³-hybridized carbons (Fsp3) is 0.125. The third-order valence-electron chi connectivity index (χ3n) is 1.80. The van der Waals surface area contributed by atoms with E-state index >= 15 is 0 Å². The zero-order chi connectivity index (χ0) is 13.4. The SMILES string of the molecule is O=C(Cl)c1cc(I)c([N+](=O)[O-])cc1C(F)(F)F. The molecule has 0 heterocycles. The van der Waals surface area contributed by atoms with Crippen LogP contribution in [0, 0.1) is 13.7 Å². The molecule has 0 radical (unpaired) electrons. The van der Waals surface area contributed by atoms with E-state index < -0.39 is 33.2 Å². The first-order valence-corrected chi connectivity index (χ1v) is 5.35. The molecule has 17 heavy (non-hydrogen) atoms. The number of rotatable bonds is 2. The third-order valence-corrected chi connectivity index (χ3v) is 2.87. The Balaban J connectivity index is 3.60. The second kappa shape index (κ2) is 4.77. The van der Waals surface area contributed by atoms with Crippen LogP contribution in [0.3, 0.4) is 0 Å². The molecule has 0 aliphatic heterocycles. The van der Waals surface area contributed by atoms with Gasteiger partial charge in [-0.15, -0.1) is 0 Å². The Morgan fingerprint density at radius 2 is 1.94 bits per heavy atom. The number of halogens is 5. The molecule has 0 N–H and O–H groups in total. The molecule has 0 amide bonds. The average molecular weight is 379 g/mol. The molecule has 0 aromatic heterocycles. The van der Waals surface area contributed by atoms with Gasteiger partial charge in [0.15, 0.2) is 0 Å². The zero-order valence-corrected chi connectivity index (χ0v) is 10.6. The second-order valence-corrected chi connectivity index (χ2v) is 4.38. The molecular formula is C8H2ClF3INO3. The van der Waals surface area contributed by atoms with E-state index in [0.29, 0.717) is 6.07 Å². The van der Waals surface area contributed by atoms with Crippen LogP contribution in [0.4, 0.5) is 18.9 Å². The zero-order valence-electron chi connectivity index (χ0n) is 7.72. The minimum Gasteiger partial charge on any atom is -0.276 e. The number of hydrogen-bond acceptors (Lipinski definition) is 3. The summed E-state index contributed by atoms with van der Waals surface area (Å²) < 4.78 is 37.6. The monoisotopic (exact) mass is 379 g/mol. The molecule has 4 nitrogen and oxygen atoms in total. The van der Waals surface area contributed by atoms with Crippen molar-refractivity contribution >= 4 is 45.1 Å². The van der Waals surface area contributed by atoms with Gasteiger partial charge in [0, 0.05) is 11.6 Å². The van der Waals surface area contributed by atoms with Crippen LogP contribution in [-0.2, 0) is 6.18 Å². The molecule has 1 aromatic carbocycles. The maximum absolute atomic E-state index is 12.5. The Hall–Kier alpha value is -0.900. The van der Waals surface area contributed by atoms with E-state index in [1.807, 2.05) is 0 Å². The summed E-state index contributed by atoms with van der Waals surface area (Å²) in [5, 5.41) is 9.18. The summed E-state index contributed by atoms with van der Waals surface area (Å²) in [6, 6.07) is 1.05. The number of carbonyl (C=O) groups is 1. The number of alkyl halides is 3. The fourth-order valence-corrected chi connectivity index (χ4v) is 1.92. The van der Waals surface area contributed by atoms with Gasteiger partial charge in [-0.05, 0) is 40.3 Å². The lowest BCUT2D eigenvalue weighted by atomic mass is 10.1. The van der Waals surface area contributed by atoms with Crippen LogP contribution >= 0.6 is 34.2 Å². The normalized spacial score (nSPS) is 11.4. The summed E-state index contributed by atoms with van der Waals surface area (Å²) in [7, 11) is 0. The van der Waals surface area contributed by atoms with E-state index in [-0.39, 0.29) is 3.57 Å². The topological polar surface area (TPSA) is 60.2 Å². The van der Waals surface area contributed by atoms with Crippen LogP contribution in [0.2, 0.25) is 0 Å². The highest BCUT2D eigenvalue weighted by atomic mass is 127. The van der Waals surface area contributed by atoms with Crippen LogP contribution in [0.5, 0.6) is 0 Å². The Morgan fingerprint density at radius 1 is 1.41 bits per heavy atom. The Labute approximate surface area is 111 Å². The summed E-state index contributed by atoms with van der Waals surface area (Å²) in [6.07, 6.45) is -4.88. The van der Waals surface area contributed by atoms with Crippen molar-refractivity contribution in [2.45, 2.75) is 6.18 Å². The van der Waals surface area contributed by atoms with Gasteiger partial charge in [0.2, 0.25) is 0 Å². The number of nitrogens with zero attached hydrogens (tertiary/aromatic N) is 1. The van der Waals surface area contributed by atoms with E-state index in [0.717, 1.165) is 6.07 Å². The highest BCUT2D eigenvalue weighted by molar-refractivity contribution is 14.1. The van der Waals surface area contributed by atoms with Crippen molar-refractivity contribution in [1.82, 2.24) is 0 Å². The minimum absolute atomic E-state index is 0.0930. The molecule has 0 saturated heterocycles. The number of nitro groups is 1. The van der Waals surface area contributed by atoms with Gasteiger partial charge >= 0.3 is 6.18 Å². The van der Waals surface area contributed by atoms with Crippen LogP contribution in [0.25, 0.3) is 0 Å². The highest BCUT2D eigenvalue weighted by Crippen LogP contribution is 2.37. The summed E-state index contributed by atoms with van der Waals surface area (Å²) in [6.45, 7) is 0. The Bertz CT molecular complexity index is 504. The molecule has 0 saturated carbocycles. The van der Waals surface area contributed by atoms with Gasteiger partial charge in [-0.25, -0.2) is 0 Å². The molecule has 0 fully saturated rings. The molecule has 1 aromatic rings. The van der Waals surface area contributed by atoms with Crippen LogP contribution < -0.4 is 0 Å².